The number of hydrogen-bond donors (Lipinski definition) is 1. The number of thiophene rings is 1. The van der Waals surface area contributed by atoms with Gasteiger partial charge in [0.2, 0.25) is 15.7 Å². The summed E-state index contributed by atoms with van der Waals surface area (Å²) in [5.74, 6) is -4.11. The SMILES string of the molecule is Cc1ccc(-c2ccc(=O)n(CC(=O)Nc3ccc(S(=O)(=O)C(F)F)cc3)n2)s1. The van der Waals surface area contributed by atoms with Crippen molar-refractivity contribution in [3.63, 3.8) is 0 Å². The number of aromatic nitrogens is 2. The summed E-state index contributed by atoms with van der Waals surface area (Å²) in [6.45, 7) is 1.57. The van der Waals surface area contributed by atoms with Crippen LogP contribution in [0.25, 0.3) is 10.6 Å². The molecule has 3 aromatic rings. The van der Waals surface area contributed by atoms with Crippen LogP contribution in [-0.4, -0.2) is 29.9 Å². The van der Waals surface area contributed by atoms with E-state index in [9.17, 15) is 26.8 Å². The number of alkyl halides is 2. The quantitative estimate of drug-likeness (QED) is 0.637. The van der Waals surface area contributed by atoms with E-state index in [2.05, 4.69) is 10.4 Å². The van der Waals surface area contributed by atoms with Crippen LogP contribution in [0.15, 0.2) is 58.2 Å². The first kappa shape index (κ1) is 20.8. The van der Waals surface area contributed by atoms with Crippen LogP contribution in [0.2, 0.25) is 0 Å². The van der Waals surface area contributed by atoms with Crippen LogP contribution in [0.3, 0.4) is 0 Å². The Kier molecular flexibility index (Phi) is 5.89. The molecule has 0 aliphatic rings. The predicted molar refractivity (Wildman–Crippen MR) is 105 cm³/mol. The Hall–Kier alpha value is -2.92. The molecule has 0 spiro atoms. The van der Waals surface area contributed by atoms with Gasteiger partial charge in [0.15, 0.2) is 0 Å². The minimum atomic E-state index is -4.71. The molecule has 1 amide bonds. The van der Waals surface area contributed by atoms with E-state index in [0.717, 1.165) is 26.6 Å². The van der Waals surface area contributed by atoms with Gasteiger partial charge < -0.3 is 5.32 Å². The van der Waals surface area contributed by atoms with Crippen molar-refractivity contribution < 1.29 is 22.0 Å². The highest BCUT2D eigenvalue weighted by atomic mass is 32.2. The fourth-order valence-corrected chi connectivity index (χ4v) is 3.99. The molecule has 0 aliphatic carbocycles. The van der Waals surface area contributed by atoms with Gasteiger partial charge in [0.1, 0.15) is 12.2 Å². The lowest BCUT2D eigenvalue weighted by molar-refractivity contribution is -0.117. The molecule has 7 nitrogen and oxygen atoms in total. The largest absolute Gasteiger partial charge is 0.341 e. The van der Waals surface area contributed by atoms with Crippen molar-refractivity contribution in [3.8, 4) is 10.6 Å². The van der Waals surface area contributed by atoms with Gasteiger partial charge in [-0.3, -0.25) is 9.59 Å². The molecule has 1 aromatic carbocycles. The Morgan fingerprint density at radius 1 is 1.14 bits per heavy atom. The average molecular weight is 439 g/mol. The zero-order chi connectivity index (χ0) is 21.2. The van der Waals surface area contributed by atoms with Crippen molar-refractivity contribution in [2.45, 2.75) is 24.1 Å². The number of nitrogens with one attached hydrogen (secondary N) is 1. The van der Waals surface area contributed by atoms with Gasteiger partial charge >= 0.3 is 5.76 Å². The van der Waals surface area contributed by atoms with Gasteiger partial charge in [0, 0.05) is 16.6 Å². The van der Waals surface area contributed by atoms with Crippen molar-refractivity contribution in [2.75, 3.05) is 5.32 Å². The molecule has 2 heterocycles. The second-order valence-corrected chi connectivity index (χ2v) is 9.21. The number of benzene rings is 1. The number of anilines is 1. The molecule has 2 aromatic heterocycles. The minimum Gasteiger partial charge on any atom is -0.324 e. The fraction of sp³-hybridized carbons (Fsp3) is 0.167. The topological polar surface area (TPSA) is 98.1 Å². The van der Waals surface area contributed by atoms with Crippen LogP contribution in [-0.2, 0) is 21.2 Å². The third-order valence-corrected chi connectivity index (χ3v) is 6.28. The second kappa shape index (κ2) is 8.21. The third kappa shape index (κ3) is 4.74. The average Bonchev–Trinajstić information content (AvgIpc) is 3.10. The van der Waals surface area contributed by atoms with Crippen molar-refractivity contribution in [1.29, 1.82) is 0 Å². The van der Waals surface area contributed by atoms with Crippen LogP contribution in [0, 0.1) is 6.92 Å². The smallest absolute Gasteiger partial charge is 0.324 e. The molecule has 0 saturated heterocycles. The van der Waals surface area contributed by atoms with E-state index in [1.807, 2.05) is 19.1 Å². The summed E-state index contributed by atoms with van der Waals surface area (Å²) in [5, 5.41) is 6.66. The van der Waals surface area contributed by atoms with E-state index in [-0.39, 0.29) is 12.2 Å². The Bertz CT molecular complexity index is 1200. The van der Waals surface area contributed by atoms with Gasteiger partial charge in [0.05, 0.1) is 9.77 Å². The lowest BCUT2D eigenvalue weighted by Crippen LogP contribution is -2.29. The van der Waals surface area contributed by atoms with Gasteiger partial charge in [0.25, 0.3) is 5.56 Å². The zero-order valence-electron chi connectivity index (χ0n) is 15.0. The lowest BCUT2D eigenvalue weighted by atomic mass is 10.3. The summed E-state index contributed by atoms with van der Waals surface area (Å²) in [6, 6.07) is 11.0. The van der Waals surface area contributed by atoms with E-state index < -0.39 is 32.0 Å². The standard InChI is InChI=1S/C18H15F2N3O4S2/c1-11-2-8-15(28-11)14-7-9-17(25)23(22-14)10-16(24)21-12-3-5-13(6-4-12)29(26,27)18(19)20/h2-9,18H,10H2,1H3,(H,21,24). The number of nitrogens with zero attached hydrogens (tertiary/aromatic N) is 2. The minimum absolute atomic E-state index is 0.196. The van der Waals surface area contributed by atoms with Crippen LogP contribution < -0.4 is 10.9 Å². The molecular weight excluding hydrogens is 424 g/mol. The maximum atomic E-state index is 12.5. The molecule has 152 valence electrons. The first-order chi connectivity index (χ1) is 13.7. The molecule has 29 heavy (non-hydrogen) atoms. The zero-order valence-corrected chi connectivity index (χ0v) is 16.6. The Morgan fingerprint density at radius 3 is 2.41 bits per heavy atom. The highest BCUT2D eigenvalue weighted by Gasteiger charge is 2.26. The molecule has 0 radical (unpaired) electrons. The molecule has 0 saturated carbocycles. The van der Waals surface area contributed by atoms with Crippen LogP contribution in [0.5, 0.6) is 0 Å². The summed E-state index contributed by atoms with van der Waals surface area (Å²) >= 11 is 1.50. The van der Waals surface area contributed by atoms with E-state index in [4.69, 9.17) is 0 Å². The van der Waals surface area contributed by atoms with Gasteiger partial charge in [-0.15, -0.1) is 11.3 Å². The van der Waals surface area contributed by atoms with E-state index in [1.54, 1.807) is 6.07 Å². The molecule has 0 aliphatic heterocycles. The molecule has 1 N–H and O–H groups in total. The molecular formula is C18H15F2N3O4S2. The maximum absolute atomic E-state index is 12.5. The summed E-state index contributed by atoms with van der Waals surface area (Å²) < 4.78 is 48.9. The van der Waals surface area contributed by atoms with Gasteiger partial charge in [-0.1, -0.05) is 0 Å². The highest BCUT2D eigenvalue weighted by Crippen LogP contribution is 2.25. The van der Waals surface area contributed by atoms with E-state index >= 15 is 0 Å². The first-order valence-corrected chi connectivity index (χ1v) is 10.6. The van der Waals surface area contributed by atoms with Gasteiger partial charge in [-0.05, 0) is 49.4 Å². The summed E-state index contributed by atoms with van der Waals surface area (Å²) in [7, 11) is -4.71. The van der Waals surface area contributed by atoms with Crippen LogP contribution in [0.4, 0.5) is 14.5 Å². The lowest BCUT2D eigenvalue weighted by Gasteiger charge is -2.09. The predicted octanol–water partition coefficient (Wildman–Crippen LogP) is 2.92. The number of hydrogen-bond acceptors (Lipinski definition) is 6. The number of amides is 1. The number of aryl methyl sites for hydroxylation is 1. The Morgan fingerprint density at radius 2 is 1.83 bits per heavy atom. The van der Waals surface area contributed by atoms with Gasteiger partial charge in [-0.2, -0.15) is 13.9 Å². The molecule has 0 unspecified atom stereocenters. The number of halogens is 2. The Labute approximate surface area is 168 Å². The molecule has 11 heteroatoms. The third-order valence-electron chi connectivity index (χ3n) is 3.85. The van der Waals surface area contributed by atoms with Gasteiger partial charge in [-0.25, -0.2) is 13.1 Å². The number of carbonyl (C=O) groups excluding carboxylic acids is 1. The normalized spacial score (nSPS) is 11.6. The Balaban J connectivity index is 1.73. The molecule has 3 rings (SSSR count). The van der Waals surface area contributed by atoms with Crippen molar-refractivity contribution in [2.24, 2.45) is 0 Å². The van der Waals surface area contributed by atoms with E-state index in [1.165, 1.54) is 29.5 Å². The van der Waals surface area contributed by atoms with E-state index in [0.29, 0.717) is 5.69 Å². The van der Waals surface area contributed by atoms with Crippen molar-refractivity contribution in [1.82, 2.24) is 9.78 Å². The maximum Gasteiger partial charge on any atom is 0.341 e. The molecule has 0 fully saturated rings. The highest BCUT2D eigenvalue weighted by molar-refractivity contribution is 7.91. The number of sulfone groups is 1. The van der Waals surface area contributed by atoms with Crippen LogP contribution >= 0.6 is 11.3 Å². The summed E-state index contributed by atoms with van der Waals surface area (Å²) in [4.78, 5) is 25.6. The van der Waals surface area contributed by atoms with Crippen LogP contribution in [0.1, 0.15) is 4.88 Å². The second-order valence-electron chi connectivity index (χ2n) is 6.00. The summed E-state index contributed by atoms with van der Waals surface area (Å²) in [6.07, 6.45) is 0. The molecule has 0 atom stereocenters. The monoisotopic (exact) mass is 439 g/mol. The first-order valence-electron chi connectivity index (χ1n) is 8.24. The number of rotatable bonds is 6. The molecule has 0 bridgehead atoms. The fourth-order valence-electron chi connectivity index (χ4n) is 2.43. The van der Waals surface area contributed by atoms with Crippen molar-refractivity contribution >= 4 is 32.8 Å². The number of carbonyl (C=O) groups is 1. The summed E-state index contributed by atoms with van der Waals surface area (Å²) in [5.41, 5.74) is 0.286. The van der Waals surface area contributed by atoms with Crippen molar-refractivity contribution in [3.05, 3.63) is 63.8 Å².